The second kappa shape index (κ2) is 20.7. The molecule has 0 saturated carbocycles. The average Bonchev–Trinajstić information content (AvgIpc) is 2.95. The number of amidine groups is 1. The van der Waals surface area contributed by atoms with E-state index < -0.39 is 0 Å². The number of nitrogens with zero attached hydrogens (tertiary/aromatic N) is 3. The number of terminal acetylenes is 1. The molecular formula is C33H46FN5. The Bertz CT molecular complexity index is 1140. The molecule has 2 N–H and O–H groups in total. The van der Waals surface area contributed by atoms with Gasteiger partial charge < -0.3 is 15.5 Å². The predicted octanol–water partition coefficient (Wildman–Crippen LogP) is 7.55. The van der Waals surface area contributed by atoms with Gasteiger partial charge in [-0.2, -0.15) is 5.26 Å². The van der Waals surface area contributed by atoms with Gasteiger partial charge in [-0.05, 0) is 54.8 Å². The smallest absolute Gasteiger partial charge is 0.128 e. The normalized spacial score (nSPS) is 11.7. The topological polar surface area (TPSA) is 63.4 Å². The van der Waals surface area contributed by atoms with Gasteiger partial charge in [-0.3, -0.25) is 4.99 Å². The number of halogens is 1. The number of nitriles is 1. The second-order valence-electron chi connectivity index (χ2n) is 7.84. The van der Waals surface area contributed by atoms with Crippen molar-refractivity contribution in [2.45, 2.75) is 61.1 Å². The van der Waals surface area contributed by atoms with Gasteiger partial charge in [0.25, 0.3) is 0 Å². The Morgan fingerprint density at radius 3 is 2.28 bits per heavy atom. The van der Waals surface area contributed by atoms with E-state index in [4.69, 9.17) is 0 Å². The summed E-state index contributed by atoms with van der Waals surface area (Å²) in [6.07, 6.45) is 12.5. The molecule has 0 fully saturated rings. The van der Waals surface area contributed by atoms with Crippen LogP contribution in [-0.4, -0.2) is 24.3 Å². The predicted molar refractivity (Wildman–Crippen MR) is 167 cm³/mol. The van der Waals surface area contributed by atoms with E-state index in [0.29, 0.717) is 47.7 Å². The first-order chi connectivity index (χ1) is 18.7. The number of hydrogen-bond donors (Lipinski definition) is 2. The molecule has 0 aromatic heterocycles. The molecule has 2 rings (SSSR count). The van der Waals surface area contributed by atoms with Gasteiger partial charge in [0.2, 0.25) is 0 Å². The van der Waals surface area contributed by atoms with Crippen LogP contribution in [0.25, 0.3) is 0 Å². The van der Waals surface area contributed by atoms with Crippen molar-refractivity contribution in [3.8, 4) is 18.9 Å². The largest absolute Gasteiger partial charge is 0.384 e. The molecule has 1 aromatic carbocycles. The second-order valence-corrected chi connectivity index (χ2v) is 7.84. The Morgan fingerprint density at radius 2 is 1.77 bits per heavy atom. The molecule has 1 aromatic rings. The SMILES string of the molecule is C#C.C=C1C=C(NCc2cc(CNC(=C)C(=C)/C=C(/C(=C)C#N)N(C)C(C)=NCC)ccc2F)C1.CC.CC. The van der Waals surface area contributed by atoms with Crippen molar-refractivity contribution in [3.63, 3.8) is 0 Å². The van der Waals surface area contributed by atoms with Gasteiger partial charge in [-0.15, -0.1) is 12.8 Å². The first-order valence-electron chi connectivity index (χ1n) is 13.1. The van der Waals surface area contributed by atoms with E-state index in [1.54, 1.807) is 17.0 Å². The number of likely N-dealkylation sites (N-methyl/N-ethyl adjacent to an activating group) is 1. The van der Waals surface area contributed by atoms with Gasteiger partial charge in [0.05, 0.1) is 17.1 Å². The minimum absolute atomic E-state index is 0.247. The molecule has 1 aliphatic carbocycles. The molecule has 210 valence electrons. The lowest BCUT2D eigenvalue weighted by Crippen LogP contribution is -2.25. The number of aliphatic imine (C=N–C) groups is 1. The van der Waals surface area contributed by atoms with Crippen LogP contribution in [-0.2, 0) is 13.1 Å². The third-order valence-corrected chi connectivity index (χ3v) is 5.29. The van der Waals surface area contributed by atoms with Crippen molar-refractivity contribution in [3.05, 3.63) is 107 Å². The van der Waals surface area contributed by atoms with E-state index in [1.807, 2.05) is 60.7 Å². The first-order valence-corrected chi connectivity index (χ1v) is 13.1. The van der Waals surface area contributed by atoms with E-state index in [2.05, 4.69) is 60.9 Å². The third kappa shape index (κ3) is 12.7. The summed E-state index contributed by atoms with van der Waals surface area (Å²) in [5.41, 5.74) is 5.76. The summed E-state index contributed by atoms with van der Waals surface area (Å²) in [7, 11) is 1.83. The molecule has 0 amide bonds. The molecule has 39 heavy (non-hydrogen) atoms. The summed E-state index contributed by atoms with van der Waals surface area (Å²) in [6, 6.07) is 7.13. The molecule has 0 atom stereocenters. The van der Waals surface area contributed by atoms with Crippen molar-refractivity contribution in [2.75, 3.05) is 13.6 Å². The molecule has 0 spiro atoms. The van der Waals surface area contributed by atoms with Crippen LogP contribution < -0.4 is 10.6 Å². The fourth-order valence-corrected chi connectivity index (χ4v) is 3.19. The summed E-state index contributed by atoms with van der Waals surface area (Å²) in [5, 5.41) is 15.8. The molecule has 0 saturated heterocycles. The molecule has 0 radical (unpaired) electrons. The maximum Gasteiger partial charge on any atom is 0.128 e. The van der Waals surface area contributed by atoms with Gasteiger partial charge in [-0.1, -0.05) is 60.1 Å². The highest BCUT2D eigenvalue weighted by Crippen LogP contribution is 2.22. The molecule has 0 unspecified atom stereocenters. The van der Waals surface area contributed by atoms with Crippen LogP contribution in [0.15, 0.2) is 95.5 Å². The first kappa shape index (κ1) is 36.9. The van der Waals surface area contributed by atoms with Crippen molar-refractivity contribution in [1.29, 1.82) is 5.26 Å². The minimum atomic E-state index is -0.247. The monoisotopic (exact) mass is 531 g/mol. The molecular weight excluding hydrogens is 485 g/mol. The maximum absolute atomic E-state index is 14.2. The van der Waals surface area contributed by atoms with Crippen molar-refractivity contribution in [1.82, 2.24) is 15.5 Å². The minimum Gasteiger partial charge on any atom is -0.384 e. The van der Waals surface area contributed by atoms with Crippen LogP contribution >= 0.6 is 0 Å². The van der Waals surface area contributed by atoms with Crippen molar-refractivity contribution >= 4 is 5.84 Å². The van der Waals surface area contributed by atoms with E-state index >= 15 is 0 Å². The highest BCUT2D eigenvalue weighted by molar-refractivity contribution is 5.82. The number of hydrogen-bond acceptors (Lipinski definition) is 4. The highest BCUT2D eigenvalue weighted by atomic mass is 19.1. The number of allylic oxidation sites excluding steroid dienone is 4. The lowest BCUT2D eigenvalue weighted by atomic mass is 10.00. The van der Waals surface area contributed by atoms with Crippen molar-refractivity contribution < 1.29 is 4.39 Å². The quantitative estimate of drug-likeness (QED) is 0.102. The Morgan fingerprint density at radius 1 is 1.18 bits per heavy atom. The number of benzene rings is 1. The lowest BCUT2D eigenvalue weighted by molar-refractivity contribution is 0.596. The zero-order valence-corrected chi connectivity index (χ0v) is 24.9. The number of rotatable bonds is 11. The summed E-state index contributed by atoms with van der Waals surface area (Å²) in [5.74, 6) is 0.518. The molecule has 0 aliphatic heterocycles. The summed E-state index contributed by atoms with van der Waals surface area (Å²) >= 11 is 0. The van der Waals surface area contributed by atoms with E-state index in [1.165, 1.54) is 6.07 Å². The Kier molecular flexibility index (Phi) is 19.6. The zero-order valence-electron chi connectivity index (χ0n) is 24.9. The van der Waals surface area contributed by atoms with E-state index in [0.717, 1.165) is 29.1 Å². The van der Waals surface area contributed by atoms with Gasteiger partial charge in [0, 0.05) is 50.1 Å². The van der Waals surface area contributed by atoms with E-state index in [9.17, 15) is 9.65 Å². The van der Waals surface area contributed by atoms with Crippen LogP contribution in [0.2, 0.25) is 0 Å². The van der Waals surface area contributed by atoms with Crippen molar-refractivity contribution in [2.24, 2.45) is 4.99 Å². The highest BCUT2D eigenvalue weighted by Gasteiger charge is 2.13. The molecule has 1 aliphatic rings. The Labute approximate surface area is 236 Å². The van der Waals surface area contributed by atoms with Gasteiger partial charge in [0.15, 0.2) is 0 Å². The fraction of sp³-hybridized carbons (Fsp3) is 0.333. The third-order valence-electron chi connectivity index (χ3n) is 5.29. The summed E-state index contributed by atoms with van der Waals surface area (Å²) < 4.78 is 14.2. The summed E-state index contributed by atoms with van der Waals surface area (Å²) in [4.78, 5) is 6.19. The van der Waals surface area contributed by atoms with Gasteiger partial charge in [0.1, 0.15) is 11.9 Å². The van der Waals surface area contributed by atoms with Gasteiger partial charge in [-0.25, -0.2) is 4.39 Å². The Balaban J connectivity index is 0. The van der Waals surface area contributed by atoms with Crippen LogP contribution in [0.1, 0.15) is 59.1 Å². The summed E-state index contributed by atoms with van der Waals surface area (Å²) in [6.45, 7) is 29.2. The molecule has 0 heterocycles. The Hall–Kier alpha value is -4.29. The van der Waals surface area contributed by atoms with E-state index in [-0.39, 0.29) is 5.82 Å². The van der Waals surface area contributed by atoms with Gasteiger partial charge >= 0.3 is 0 Å². The zero-order chi connectivity index (χ0) is 30.5. The maximum atomic E-state index is 14.2. The van der Waals surface area contributed by atoms with Crippen LogP contribution in [0.5, 0.6) is 0 Å². The average molecular weight is 532 g/mol. The lowest BCUT2D eigenvalue weighted by Gasteiger charge is -2.22. The molecule has 0 bridgehead atoms. The molecule has 6 heteroatoms. The molecule has 5 nitrogen and oxygen atoms in total. The standard InChI is InChI=1S/C27H32FN5.2C2H6.C2H2/c1-8-30-22(6)33(7)27(20(4)15-29)13-19(3)21(5)31-16-23-9-10-26(28)24(14-23)17-32-25-11-18(2)12-25;3*1-2/h9-11,13-14,31-32H,2-5,8,12,16-17H2,1,6-7H3;2*1-2H3;1-2H/b27-13-,30-22?;;;. The van der Waals surface area contributed by atoms with Crippen LogP contribution in [0.3, 0.4) is 0 Å². The van der Waals surface area contributed by atoms with Crippen LogP contribution in [0, 0.1) is 30.0 Å². The fourth-order valence-electron chi connectivity index (χ4n) is 3.19. The van der Waals surface area contributed by atoms with Crippen LogP contribution in [0.4, 0.5) is 4.39 Å². The number of nitrogens with one attached hydrogen (secondary N) is 2.